The van der Waals surface area contributed by atoms with Crippen molar-refractivity contribution >= 4 is 0 Å². The highest BCUT2D eigenvalue weighted by Gasteiger charge is 2.43. The van der Waals surface area contributed by atoms with E-state index in [0.717, 1.165) is 32.2 Å². The van der Waals surface area contributed by atoms with Crippen molar-refractivity contribution in [3.8, 4) is 0 Å². The van der Waals surface area contributed by atoms with Crippen molar-refractivity contribution in [3.63, 3.8) is 0 Å². The topological polar surface area (TPSA) is 24.5 Å². The summed E-state index contributed by atoms with van der Waals surface area (Å²) in [6, 6.07) is 0.575. The van der Waals surface area contributed by atoms with E-state index < -0.39 is 0 Å². The number of rotatable bonds is 8. The third kappa shape index (κ3) is 3.50. The second-order valence-electron chi connectivity index (χ2n) is 5.70. The molecule has 0 aromatic rings. The predicted octanol–water partition coefficient (Wildman–Crippen LogP) is 2.90. The van der Waals surface area contributed by atoms with Gasteiger partial charge in [-0.15, -0.1) is 0 Å². The van der Waals surface area contributed by atoms with E-state index in [-0.39, 0.29) is 0 Å². The Bertz CT molecular complexity index is 231. The van der Waals surface area contributed by atoms with Crippen LogP contribution in [0.15, 0.2) is 0 Å². The molecular weight excluding hydrogens is 236 g/mol. The van der Waals surface area contributed by atoms with Gasteiger partial charge in [0.1, 0.15) is 0 Å². The van der Waals surface area contributed by atoms with Gasteiger partial charge in [0.2, 0.25) is 0 Å². The van der Waals surface area contributed by atoms with Crippen LogP contribution in [0, 0.1) is 5.92 Å². The summed E-state index contributed by atoms with van der Waals surface area (Å²) in [6.07, 6.45) is 4.84. The van der Waals surface area contributed by atoms with E-state index in [2.05, 4.69) is 45.0 Å². The molecule has 0 saturated carbocycles. The Hall–Kier alpha value is -0.120. The van der Waals surface area contributed by atoms with Crippen molar-refractivity contribution in [2.45, 2.75) is 65.0 Å². The molecule has 0 aromatic heterocycles. The molecule has 1 fully saturated rings. The Balaban J connectivity index is 2.97. The summed E-state index contributed by atoms with van der Waals surface area (Å²) in [4.78, 5) is 2.67. The fraction of sp³-hybridized carbons (Fsp3) is 1.00. The van der Waals surface area contributed by atoms with Gasteiger partial charge in [0.05, 0.1) is 0 Å². The highest BCUT2D eigenvalue weighted by Crippen LogP contribution is 2.35. The van der Waals surface area contributed by atoms with E-state index in [1.807, 2.05) is 0 Å². The largest absolute Gasteiger partial charge is 0.381 e. The number of ether oxygens (including phenoxy) is 1. The van der Waals surface area contributed by atoms with Gasteiger partial charge in [-0.25, -0.2) is 0 Å². The Morgan fingerprint density at radius 3 is 2.00 bits per heavy atom. The molecule has 0 radical (unpaired) electrons. The minimum atomic E-state index is 0.292. The first-order chi connectivity index (χ1) is 9.19. The fourth-order valence-corrected chi connectivity index (χ4v) is 4.18. The van der Waals surface area contributed by atoms with Crippen molar-refractivity contribution < 1.29 is 4.74 Å². The molecule has 1 N–H and O–H groups in total. The number of nitrogens with one attached hydrogen (secondary N) is 1. The zero-order chi connectivity index (χ0) is 14.3. The summed E-state index contributed by atoms with van der Waals surface area (Å²) >= 11 is 0. The molecule has 1 atom stereocenters. The van der Waals surface area contributed by atoms with Crippen molar-refractivity contribution in [3.05, 3.63) is 0 Å². The van der Waals surface area contributed by atoms with Crippen molar-refractivity contribution in [2.75, 3.05) is 33.4 Å². The normalized spacial score (nSPS) is 19.9. The van der Waals surface area contributed by atoms with Gasteiger partial charge >= 0.3 is 0 Å². The molecule has 0 bridgehead atoms. The molecule has 1 aliphatic rings. The Morgan fingerprint density at radius 1 is 1.11 bits per heavy atom. The van der Waals surface area contributed by atoms with Crippen LogP contribution in [0.25, 0.3) is 0 Å². The van der Waals surface area contributed by atoms with Crippen LogP contribution >= 0.6 is 0 Å². The lowest BCUT2D eigenvalue weighted by molar-refractivity contribution is -0.00906. The number of hydrogen-bond acceptors (Lipinski definition) is 3. The number of hydrogen-bond donors (Lipinski definition) is 1. The average Bonchev–Trinajstić information content (AvgIpc) is 2.48. The van der Waals surface area contributed by atoms with Gasteiger partial charge in [0, 0.05) is 24.8 Å². The molecular formula is C16H34N2O. The van der Waals surface area contributed by atoms with E-state index in [1.54, 1.807) is 0 Å². The maximum Gasteiger partial charge on any atom is 0.0469 e. The fourth-order valence-electron chi connectivity index (χ4n) is 4.18. The van der Waals surface area contributed by atoms with Crippen LogP contribution in [0.2, 0.25) is 0 Å². The molecule has 1 unspecified atom stereocenters. The molecule has 3 nitrogen and oxygen atoms in total. The molecule has 3 heteroatoms. The van der Waals surface area contributed by atoms with Crippen LogP contribution in [0.5, 0.6) is 0 Å². The Morgan fingerprint density at radius 2 is 1.63 bits per heavy atom. The van der Waals surface area contributed by atoms with Gasteiger partial charge in [0.25, 0.3) is 0 Å². The Kier molecular flexibility index (Phi) is 7.33. The first-order valence-electron chi connectivity index (χ1n) is 8.20. The van der Waals surface area contributed by atoms with Crippen LogP contribution in [-0.2, 0) is 4.74 Å². The summed E-state index contributed by atoms with van der Waals surface area (Å²) in [5.74, 6) is 0.749. The summed E-state index contributed by atoms with van der Waals surface area (Å²) in [6.45, 7) is 13.4. The second-order valence-corrected chi connectivity index (χ2v) is 5.70. The molecule has 1 aliphatic heterocycles. The minimum Gasteiger partial charge on any atom is -0.381 e. The zero-order valence-electron chi connectivity index (χ0n) is 13.7. The number of nitrogens with zero attached hydrogens (tertiary/aromatic N) is 1. The van der Waals surface area contributed by atoms with Crippen molar-refractivity contribution in [1.29, 1.82) is 0 Å². The van der Waals surface area contributed by atoms with E-state index in [0.29, 0.717) is 11.6 Å². The van der Waals surface area contributed by atoms with Crippen molar-refractivity contribution in [1.82, 2.24) is 10.2 Å². The molecule has 0 spiro atoms. The second kappa shape index (κ2) is 8.23. The maximum absolute atomic E-state index is 5.55. The molecule has 1 saturated heterocycles. The molecule has 0 amide bonds. The van der Waals surface area contributed by atoms with E-state index in [1.165, 1.54) is 25.7 Å². The number of likely N-dealkylation sites (N-methyl/N-ethyl adjacent to an activating group) is 2. The molecule has 1 heterocycles. The first-order valence-corrected chi connectivity index (χ1v) is 8.20. The van der Waals surface area contributed by atoms with Gasteiger partial charge < -0.3 is 10.1 Å². The van der Waals surface area contributed by atoms with Gasteiger partial charge in [-0.05, 0) is 51.7 Å². The van der Waals surface area contributed by atoms with Gasteiger partial charge in [-0.2, -0.15) is 0 Å². The summed E-state index contributed by atoms with van der Waals surface area (Å²) in [7, 11) is 2.14. The predicted molar refractivity (Wildman–Crippen MR) is 82.6 cm³/mol. The smallest absolute Gasteiger partial charge is 0.0469 e. The third-order valence-electron chi connectivity index (χ3n) is 5.24. The van der Waals surface area contributed by atoms with Crippen molar-refractivity contribution in [2.24, 2.45) is 5.92 Å². The third-order valence-corrected chi connectivity index (χ3v) is 5.24. The van der Waals surface area contributed by atoms with Crippen LogP contribution in [-0.4, -0.2) is 49.8 Å². The van der Waals surface area contributed by atoms with Gasteiger partial charge in [0.15, 0.2) is 0 Å². The van der Waals surface area contributed by atoms with Gasteiger partial charge in [-0.1, -0.05) is 27.7 Å². The molecule has 0 aliphatic carbocycles. The van der Waals surface area contributed by atoms with Crippen LogP contribution in [0.3, 0.4) is 0 Å². The molecule has 1 rings (SSSR count). The standard InChI is InChI=1S/C16H34N2O/c1-6-16(7-2,18(8-3)9-4)15(17-5)14-10-12-19-13-11-14/h14-15,17H,6-13H2,1-5H3. The van der Waals surface area contributed by atoms with Gasteiger partial charge in [-0.3, -0.25) is 4.90 Å². The maximum atomic E-state index is 5.55. The first kappa shape index (κ1) is 16.9. The van der Waals surface area contributed by atoms with E-state index >= 15 is 0 Å². The van der Waals surface area contributed by atoms with E-state index in [9.17, 15) is 0 Å². The lowest BCUT2D eigenvalue weighted by Crippen LogP contribution is -2.63. The highest BCUT2D eigenvalue weighted by atomic mass is 16.5. The van der Waals surface area contributed by atoms with Crippen LogP contribution in [0.1, 0.15) is 53.4 Å². The summed E-state index contributed by atoms with van der Waals surface area (Å²) < 4.78 is 5.55. The SMILES string of the molecule is CCN(CC)C(CC)(CC)C(NC)C1CCOCC1. The monoisotopic (exact) mass is 270 g/mol. The lowest BCUT2D eigenvalue weighted by Gasteiger charge is -2.51. The zero-order valence-corrected chi connectivity index (χ0v) is 13.7. The quantitative estimate of drug-likeness (QED) is 0.734. The molecule has 0 aromatic carbocycles. The minimum absolute atomic E-state index is 0.292. The lowest BCUT2D eigenvalue weighted by atomic mass is 9.74. The van der Waals surface area contributed by atoms with Crippen LogP contribution in [0.4, 0.5) is 0 Å². The highest BCUT2D eigenvalue weighted by molar-refractivity contribution is 5.01. The average molecular weight is 270 g/mol. The van der Waals surface area contributed by atoms with Crippen LogP contribution < -0.4 is 5.32 Å². The Labute approximate surface area is 120 Å². The summed E-state index contributed by atoms with van der Waals surface area (Å²) in [5, 5.41) is 3.67. The van der Waals surface area contributed by atoms with E-state index in [4.69, 9.17) is 4.74 Å². The molecule has 19 heavy (non-hydrogen) atoms. The molecule has 114 valence electrons. The summed E-state index contributed by atoms with van der Waals surface area (Å²) in [5.41, 5.74) is 0.292.